The van der Waals surface area contributed by atoms with Crippen LogP contribution in [0, 0.1) is 16.2 Å². The fourth-order valence-corrected chi connectivity index (χ4v) is 20.7. The van der Waals surface area contributed by atoms with Crippen LogP contribution < -0.4 is 14.7 Å². The van der Waals surface area contributed by atoms with E-state index in [9.17, 15) is 0 Å². The van der Waals surface area contributed by atoms with Gasteiger partial charge >= 0.3 is 0 Å². The molecule has 6 aliphatic rings. The molecule has 3 heteroatoms. The van der Waals surface area contributed by atoms with Crippen LogP contribution in [0.4, 0.5) is 34.1 Å². The van der Waals surface area contributed by atoms with Crippen molar-refractivity contribution in [1.82, 2.24) is 0 Å². The zero-order chi connectivity index (χ0) is 62.4. The standard InChI is InChI=1S/C89H85N3/c1-84(2)48-22-35-76-73-51-57(38-45-79(73)90(87(76,84)7)60-27-13-10-14-28-60)69-54-70(58-39-46-80-74(52-58)77-36-23-49-85(3,4)88(77,8)91(80)61-29-15-11-16-30-61)66-43-44-68-72(64-34-21-26-56-25-19-20-33-63(56)64)55-71(67-42-41-65(69)82(66)83(67)68)59-40-47-81-75(53-59)78-37-24-50-86(5,6)89(78,9)92(81)62-31-17-12-18-32-62/h10-21,25-34,38-47,51-55,76-78H,22-24,35-37,48-50H2,1-9H3. The molecule has 18 rings (SSSR count). The molecule has 0 aromatic heterocycles. The normalized spacial score (nSPS) is 24.8. The van der Waals surface area contributed by atoms with Crippen LogP contribution in [0.25, 0.3) is 87.6 Å². The molecule has 0 amide bonds. The van der Waals surface area contributed by atoms with Gasteiger partial charge in [0.2, 0.25) is 0 Å². The topological polar surface area (TPSA) is 9.72 Å². The summed E-state index contributed by atoms with van der Waals surface area (Å²) in [6.45, 7) is 23.0. The molecule has 0 bridgehead atoms. The van der Waals surface area contributed by atoms with Gasteiger partial charge in [-0.25, -0.2) is 0 Å². The molecule has 3 nitrogen and oxygen atoms in total. The molecule has 3 aliphatic carbocycles. The minimum atomic E-state index is -0.0980. The van der Waals surface area contributed by atoms with Crippen molar-refractivity contribution in [3.05, 3.63) is 241 Å². The second kappa shape index (κ2) is 19.7. The number of nitrogens with zero attached hydrogens (tertiary/aromatic N) is 3. The third kappa shape index (κ3) is 7.46. The molecular weight excluding hydrogens is 1110 g/mol. The van der Waals surface area contributed by atoms with Crippen molar-refractivity contribution in [2.24, 2.45) is 16.2 Å². The maximum atomic E-state index is 2.75. The Morgan fingerprint density at radius 1 is 0.283 bits per heavy atom. The summed E-state index contributed by atoms with van der Waals surface area (Å²) in [5.41, 5.74) is 22.8. The zero-order valence-electron chi connectivity index (χ0n) is 55.3. The molecular formula is C89H85N3. The zero-order valence-corrected chi connectivity index (χ0v) is 55.3. The molecule has 456 valence electrons. The minimum absolute atomic E-state index is 0.0879. The highest BCUT2D eigenvalue weighted by molar-refractivity contribution is 6.32. The lowest BCUT2D eigenvalue weighted by Crippen LogP contribution is -2.56. The molecule has 0 spiro atoms. The first-order valence-electron chi connectivity index (χ1n) is 34.8. The minimum Gasteiger partial charge on any atom is -0.334 e. The highest BCUT2D eigenvalue weighted by atomic mass is 15.3. The van der Waals surface area contributed by atoms with Crippen molar-refractivity contribution in [1.29, 1.82) is 0 Å². The monoisotopic (exact) mass is 1200 g/mol. The number of hydrogen-bond acceptors (Lipinski definition) is 3. The molecule has 0 N–H and O–H groups in total. The molecule has 12 aromatic rings. The van der Waals surface area contributed by atoms with Gasteiger partial charge in [0.25, 0.3) is 0 Å². The summed E-state index contributed by atoms with van der Waals surface area (Å²) in [5, 5.41) is 10.5. The maximum absolute atomic E-state index is 2.75. The van der Waals surface area contributed by atoms with E-state index in [1.165, 1.54) is 196 Å². The van der Waals surface area contributed by atoms with Crippen LogP contribution in [-0.2, 0) is 0 Å². The quantitative estimate of drug-likeness (QED) is 0.147. The number of fused-ring (bicyclic) bond motifs is 10. The van der Waals surface area contributed by atoms with E-state index in [-0.39, 0.29) is 32.9 Å². The van der Waals surface area contributed by atoms with Crippen LogP contribution in [0.2, 0.25) is 0 Å². The van der Waals surface area contributed by atoms with E-state index >= 15 is 0 Å². The number of benzene rings is 12. The fourth-order valence-electron chi connectivity index (χ4n) is 20.7. The number of anilines is 6. The maximum Gasteiger partial charge on any atom is 0.0543 e. The Morgan fingerprint density at radius 2 is 0.609 bits per heavy atom. The Hall–Kier alpha value is -8.66. The predicted molar refractivity (Wildman–Crippen MR) is 391 cm³/mol. The SMILES string of the molecule is CC1(C)CCCC2c3cc(-c4cc(-c5ccc6c(c5)C5CCCC(C)(C)C5(C)N6c5ccccc5)c5ccc6c(-c7cccc8ccccc78)cc(-c7ccc8c(c7)C7CCCC(C)(C)C7(C)N8c7ccccc7)c7ccc4c5c76)ccc3N(c3ccccc3)C21C. The van der Waals surface area contributed by atoms with Crippen molar-refractivity contribution < 1.29 is 0 Å². The van der Waals surface area contributed by atoms with E-state index in [0.29, 0.717) is 17.8 Å². The second-order valence-corrected chi connectivity index (χ2v) is 31.3. The van der Waals surface area contributed by atoms with Crippen molar-refractivity contribution in [3.63, 3.8) is 0 Å². The van der Waals surface area contributed by atoms with Crippen LogP contribution in [0.15, 0.2) is 224 Å². The average molecular weight is 1200 g/mol. The highest BCUT2D eigenvalue weighted by Crippen LogP contribution is 2.68. The van der Waals surface area contributed by atoms with Crippen LogP contribution in [0.1, 0.15) is 155 Å². The molecule has 3 heterocycles. The Morgan fingerprint density at radius 3 is 0.989 bits per heavy atom. The van der Waals surface area contributed by atoms with E-state index in [4.69, 9.17) is 0 Å². The van der Waals surface area contributed by atoms with E-state index < -0.39 is 0 Å². The van der Waals surface area contributed by atoms with Gasteiger partial charge in [-0.2, -0.15) is 0 Å². The fraction of sp³-hybridized carbons (Fsp3) is 0.303. The van der Waals surface area contributed by atoms with Gasteiger partial charge in [-0.3, -0.25) is 0 Å². The van der Waals surface area contributed by atoms with Gasteiger partial charge in [-0.05, 0) is 265 Å². The summed E-state index contributed by atoms with van der Waals surface area (Å²) in [6, 6.07) is 88.1. The molecule has 92 heavy (non-hydrogen) atoms. The molecule has 6 unspecified atom stereocenters. The lowest BCUT2D eigenvalue weighted by molar-refractivity contribution is 0.101. The summed E-state index contributed by atoms with van der Waals surface area (Å²) in [6.07, 6.45) is 10.9. The van der Waals surface area contributed by atoms with Gasteiger partial charge in [-0.1, -0.05) is 200 Å². The van der Waals surface area contributed by atoms with Crippen molar-refractivity contribution in [2.45, 2.75) is 154 Å². The Bertz CT molecular complexity index is 4820. The molecule has 3 fully saturated rings. The van der Waals surface area contributed by atoms with E-state index in [1.807, 2.05) is 0 Å². The summed E-state index contributed by atoms with van der Waals surface area (Å²) in [7, 11) is 0. The van der Waals surface area contributed by atoms with Gasteiger partial charge in [0, 0.05) is 51.9 Å². The lowest BCUT2D eigenvalue weighted by atomic mass is 9.58. The molecule has 3 aliphatic heterocycles. The van der Waals surface area contributed by atoms with E-state index in [1.54, 1.807) is 0 Å². The van der Waals surface area contributed by atoms with Crippen LogP contribution in [-0.4, -0.2) is 16.6 Å². The summed E-state index contributed by atoms with van der Waals surface area (Å²) < 4.78 is 0. The van der Waals surface area contributed by atoms with Crippen LogP contribution >= 0.6 is 0 Å². The number of hydrogen-bond donors (Lipinski definition) is 0. The molecule has 3 saturated carbocycles. The summed E-state index contributed by atoms with van der Waals surface area (Å²) >= 11 is 0. The van der Waals surface area contributed by atoms with Gasteiger partial charge < -0.3 is 14.7 Å². The molecule has 12 aromatic carbocycles. The first kappa shape index (κ1) is 56.1. The average Bonchev–Trinajstić information content (AvgIpc) is 1.39. The third-order valence-electron chi connectivity index (χ3n) is 26.3. The van der Waals surface area contributed by atoms with E-state index in [2.05, 4.69) is 301 Å². The van der Waals surface area contributed by atoms with Gasteiger partial charge in [-0.15, -0.1) is 0 Å². The Labute approximate surface area is 545 Å². The lowest BCUT2D eigenvalue weighted by Gasteiger charge is -2.55. The highest BCUT2D eigenvalue weighted by Gasteiger charge is 2.61. The van der Waals surface area contributed by atoms with Crippen LogP contribution in [0.3, 0.4) is 0 Å². The predicted octanol–water partition coefficient (Wildman–Crippen LogP) is 25.0. The van der Waals surface area contributed by atoms with Crippen LogP contribution in [0.5, 0.6) is 0 Å². The first-order valence-corrected chi connectivity index (χ1v) is 34.8. The summed E-state index contributed by atoms with van der Waals surface area (Å²) in [5.74, 6) is 1.15. The van der Waals surface area contributed by atoms with Gasteiger partial charge in [0.05, 0.1) is 16.6 Å². The largest absolute Gasteiger partial charge is 0.334 e. The number of para-hydroxylation sites is 3. The van der Waals surface area contributed by atoms with E-state index in [0.717, 1.165) is 0 Å². The molecule has 0 radical (unpaired) electrons. The second-order valence-electron chi connectivity index (χ2n) is 31.3. The number of rotatable bonds is 7. The molecule has 6 atom stereocenters. The Kier molecular flexibility index (Phi) is 12.0. The van der Waals surface area contributed by atoms with Gasteiger partial charge in [0.1, 0.15) is 0 Å². The smallest absolute Gasteiger partial charge is 0.0543 e. The summed E-state index contributed by atoms with van der Waals surface area (Å²) in [4.78, 5) is 8.24. The third-order valence-corrected chi connectivity index (χ3v) is 26.3. The molecule has 0 saturated heterocycles. The van der Waals surface area contributed by atoms with Crippen molar-refractivity contribution in [3.8, 4) is 44.5 Å². The van der Waals surface area contributed by atoms with Crippen molar-refractivity contribution in [2.75, 3.05) is 14.7 Å². The Balaban J connectivity index is 0.923. The van der Waals surface area contributed by atoms with Crippen molar-refractivity contribution >= 4 is 77.2 Å². The first-order chi connectivity index (χ1) is 44.5. The van der Waals surface area contributed by atoms with Gasteiger partial charge in [0.15, 0.2) is 0 Å².